The third-order valence-corrected chi connectivity index (χ3v) is 2.26. The van der Waals surface area contributed by atoms with Crippen LogP contribution >= 0.6 is 0 Å². The molecule has 0 radical (unpaired) electrons. The van der Waals surface area contributed by atoms with Crippen LogP contribution < -0.4 is 4.90 Å². The number of anilines is 1. The SMILES string of the molecule is CN(c1ccccc1)C1CC1. The largest absolute Gasteiger partial charge is 0.372 e. The fourth-order valence-corrected chi connectivity index (χ4v) is 1.34. The molecule has 58 valence electrons. The average Bonchev–Trinajstić information content (AvgIpc) is 2.87. The van der Waals surface area contributed by atoms with Gasteiger partial charge in [-0.15, -0.1) is 0 Å². The maximum absolute atomic E-state index is 2.36. The van der Waals surface area contributed by atoms with E-state index in [1.54, 1.807) is 0 Å². The summed E-state index contributed by atoms with van der Waals surface area (Å²) in [6, 6.07) is 11.4. The van der Waals surface area contributed by atoms with E-state index in [9.17, 15) is 0 Å². The molecular formula is C10H13N. The van der Waals surface area contributed by atoms with Crippen molar-refractivity contribution in [3.8, 4) is 0 Å². The average molecular weight is 147 g/mol. The highest BCUT2D eigenvalue weighted by Crippen LogP contribution is 2.29. The zero-order valence-electron chi connectivity index (χ0n) is 6.83. The minimum absolute atomic E-state index is 0.817. The van der Waals surface area contributed by atoms with Gasteiger partial charge in [0.1, 0.15) is 0 Å². The summed E-state index contributed by atoms with van der Waals surface area (Å²) in [6.07, 6.45) is 2.73. The van der Waals surface area contributed by atoms with Crippen LogP contribution in [0, 0.1) is 0 Å². The Morgan fingerprint density at radius 3 is 2.36 bits per heavy atom. The molecule has 1 nitrogen and oxygen atoms in total. The van der Waals surface area contributed by atoms with Gasteiger partial charge in [0.05, 0.1) is 0 Å². The second-order valence-electron chi connectivity index (χ2n) is 3.18. The molecule has 0 spiro atoms. The lowest BCUT2D eigenvalue weighted by Gasteiger charge is -2.17. The molecule has 2 rings (SSSR count). The maximum Gasteiger partial charge on any atom is 0.0366 e. The van der Waals surface area contributed by atoms with E-state index >= 15 is 0 Å². The quantitative estimate of drug-likeness (QED) is 0.620. The number of hydrogen-bond acceptors (Lipinski definition) is 1. The Labute approximate surface area is 67.6 Å². The molecule has 0 atom stereocenters. The smallest absolute Gasteiger partial charge is 0.0366 e. The van der Waals surface area contributed by atoms with Crippen molar-refractivity contribution in [2.24, 2.45) is 0 Å². The van der Waals surface area contributed by atoms with E-state index in [0.717, 1.165) is 6.04 Å². The predicted octanol–water partition coefficient (Wildman–Crippen LogP) is 2.29. The van der Waals surface area contributed by atoms with Gasteiger partial charge >= 0.3 is 0 Å². The Morgan fingerprint density at radius 2 is 1.82 bits per heavy atom. The first-order valence-corrected chi connectivity index (χ1v) is 4.16. The first-order valence-electron chi connectivity index (χ1n) is 4.16. The van der Waals surface area contributed by atoms with E-state index in [1.807, 2.05) is 0 Å². The van der Waals surface area contributed by atoms with Crippen LogP contribution in [0.2, 0.25) is 0 Å². The highest BCUT2D eigenvalue weighted by Gasteiger charge is 2.25. The molecule has 0 amide bonds. The van der Waals surface area contributed by atoms with Crippen LogP contribution in [-0.2, 0) is 0 Å². The van der Waals surface area contributed by atoms with E-state index in [2.05, 4.69) is 42.3 Å². The Balaban J connectivity index is 2.15. The third kappa shape index (κ3) is 1.37. The van der Waals surface area contributed by atoms with Gasteiger partial charge in [-0.05, 0) is 25.0 Å². The molecule has 0 aliphatic heterocycles. The van der Waals surface area contributed by atoms with Crippen LogP contribution in [0.4, 0.5) is 5.69 Å². The van der Waals surface area contributed by atoms with Gasteiger partial charge in [0.2, 0.25) is 0 Å². The highest BCUT2D eigenvalue weighted by atomic mass is 15.2. The number of nitrogens with zero attached hydrogens (tertiary/aromatic N) is 1. The minimum Gasteiger partial charge on any atom is -0.372 e. The van der Waals surface area contributed by atoms with Gasteiger partial charge < -0.3 is 4.90 Å². The highest BCUT2D eigenvalue weighted by molar-refractivity contribution is 5.47. The van der Waals surface area contributed by atoms with Crippen LogP contribution in [0.25, 0.3) is 0 Å². The zero-order valence-corrected chi connectivity index (χ0v) is 6.83. The summed E-state index contributed by atoms with van der Waals surface area (Å²) in [4.78, 5) is 2.36. The van der Waals surface area contributed by atoms with E-state index in [1.165, 1.54) is 18.5 Å². The van der Waals surface area contributed by atoms with Crippen molar-refractivity contribution >= 4 is 5.69 Å². The summed E-state index contributed by atoms with van der Waals surface area (Å²) in [5.41, 5.74) is 1.34. The molecule has 0 aromatic heterocycles. The van der Waals surface area contributed by atoms with Crippen LogP contribution in [-0.4, -0.2) is 13.1 Å². The number of hydrogen-bond donors (Lipinski definition) is 0. The molecule has 1 fully saturated rings. The first-order chi connectivity index (χ1) is 5.38. The second-order valence-corrected chi connectivity index (χ2v) is 3.18. The molecule has 11 heavy (non-hydrogen) atoms. The molecule has 1 aromatic carbocycles. The van der Waals surface area contributed by atoms with Crippen LogP contribution in [0.5, 0.6) is 0 Å². The van der Waals surface area contributed by atoms with Gasteiger partial charge in [0, 0.05) is 18.8 Å². The third-order valence-electron chi connectivity index (χ3n) is 2.26. The summed E-state index contributed by atoms with van der Waals surface area (Å²) in [5, 5.41) is 0. The van der Waals surface area contributed by atoms with Crippen LogP contribution in [0.3, 0.4) is 0 Å². The molecule has 0 saturated heterocycles. The van der Waals surface area contributed by atoms with Gasteiger partial charge in [0.15, 0.2) is 0 Å². The predicted molar refractivity (Wildman–Crippen MR) is 47.9 cm³/mol. The summed E-state index contributed by atoms with van der Waals surface area (Å²) in [7, 11) is 2.17. The van der Waals surface area contributed by atoms with Crippen molar-refractivity contribution in [3.63, 3.8) is 0 Å². The van der Waals surface area contributed by atoms with Gasteiger partial charge in [-0.2, -0.15) is 0 Å². The molecule has 1 aliphatic rings. The lowest BCUT2D eigenvalue weighted by atomic mass is 10.3. The summed E-state index contributed by atoms with van der Waals surface area (Å²) < 4.78 is 0. The lowest BCUT2D eigenvalue weighted by Crippen LogP contribution is -2.18. The molecule has 0 unspecified atom stereocenters. The lowest BCUT2D eigenvalue weighted by molar-refractivity contribution is 0.917. The van der Waals surface area contributed by atoms with Crippen LogP contribution in [0.1, 0.15) is 12.8 Å². The Bertz CT molecular complexity index is 226. The summed E-state index contributed by atoms with van der Waals surface area (Å²) in [6.45, 7) is 0. The van der Waals surface area contributed by atoms with Crippen molar-refractivity contribution < 1.29 is 0 Å². The number of para-hydroxylation sites is 1. The first kappa shape index (κ1) is 6.71. The van der Waals surface area contributed by atoms with Crippen molar-refractivity contribution in [2.75, 3.05) is 11.9 Å². The van der Waals surface area contributed by atoms with E-state index in [-0.39, 0.29) is 0 Å². The van der Waals surface area contributed by atoms with Gasteiger partial charge in [-0.1, -0.05) is 18.2 Å². The normalized spacial score (nSPS) is 16.5. The Morgan fingerprint density at radius 1 is 1.18 bits per heavy atom. The molecule has 0 N–H and O–H groups in total. The molecule has 1 aliphatic carbocycles. The summed E-state index contributed by atoms with van der Waals surface area (Å²) >= 11 is 0. The van der Waals surface area contributed by atoms with Crippen molar-refractivity contribution in [2.45, 2.75) is 18.9 Å². The molecule has 1 saturated carbocycles. The minimum atomic E-state index is 0.817. The van der Waals surface area contributed by atoms with Crippen molar-refractivity contribution in [1.82, 2.24) is 0 Å². The van der Waals surface area contributed by atoms with Gasteiger partial charge in [0.25, 0.3) is 0 Å². The maximum atomic E-state index is 2.36. The molecule has 0 heterocycles. The van der Waals surface area contributed by atoms with Gasteiger partial charge in [-0.3, -0.25) is 0 Å². The Kier molecular flexibility index (Phi) is 1.57. The molecular weight excluding hydrogens is 134 g/mol. The molecule has 1 heteroatoms. The topological polar surface area (TPSA) is 3.24 Å². The van der Waals surface area contributed by atoms with Crippen molar-refractivity contribution in [3.05, 3.63) is 30.3 Å². The molecule has 1 aromatic rings. The second kappa shape index (κ2) is 2.57. The van der Waals surface area contributed by atoms with Crippen LogP contribution in [0.15, 0.2) is 30.3 Å². The van der Waals surface area contributed by atoms with E-state index in [4.69, 9.17) is 0 Å². The van der Waals surface area contributed by atoms with Gasteiger partial charge in [-0.25, -0.2) is 0 Å². The standard InChI is InChI=1S/C10H13N/c1-11(10-7-8-10)9-5-3-2-4-6-9/h2-6,10H,7-8H2,1H3. The fourth-order valence-electron chi connectivity index (χ4n) is 1.34. The Hall–Kier alpha value is -0.980. The van der Waals surface area contributed by atoms with E-state index < -0.39 is 0 Å². The number of rotatable bonds is 2. The zero-order chi connectivity index (χ0) is 7.68. The number of benzene rings is 1. The summed E-state index contributed by atoms with van der Waals surface area (Å²) in [5.74, 6) is 0. The monoisotopic (exact) mass is 147 g/mol. The van der Waals surface area contributed by atoms with Crippen molar-refractivity contribution in [1.29, 1.82) is 0 Å². The van der Waals surface area contributed by atoms with E-state index in [0.29, 0.717) is 0 Å². The fraction of sp³-hybridized carbons (Fsp3) is 0.400. The molecule has 0 bridgehead atoms.